The van der Waals surface area contributed by atoms with E-state index < -0.39 is 0 Å². The number of rotatable bonds is 5. The van der Waals surface area contributed by atoms with Gasteiger partial charge in [0.15, 0.2) is 0 Å². The topological polar surface area (TPSA) is 38.0 Å². The van der Waals surface area contributed by atoms with Gasteiger partial charge in [0.1, 0.15) is 0 Å². The first-order chi connectivity index (χ1) is 9.15. The van der Waals surface area contributed by atoms with Crippen LogP contribution in [-0.2, 0) is 12.8 Å². The number of nitrogens with two attached hydrogens (primary N) is 1. The van der Waals surface area contributed by atoms with Gasteiger partial charge in [-0.1, -0.05) is 30.7 Å². The third-order valence-electron chi connectivity index (χ3n) is 3.31. The van der Waals surface area contributed by atoms with Crippen molar-refractivity contribution in [2.75, 3.05) is 0 Å². The zero-order valence-electron chi connectivity index (χ0n) is 11.2. The predicted molar refractivity (Wildman–Crippen MR) is 83.7 cm³/mol. The van der Waals surface area contributed by atoms with Crippen molar-refractivity contribution in [2.24, 2.45) is 5.84 Å². The fourth-order valence-corrected chi connectivity index (χ4v) is 3.58. The van der Waals surface area contributed by atoms with Crippen molar-refractivity contribution in [3.05, 3.63) is 56.2 Å². The maximum Gasteiger partial charge on any atom is 0.0596 e. The summed E-state index contributed by atoms with van der Waals surface area (Å²) in [6.07, 6.45) is 1.84. The lowest BCUT2D eigenvalue weighted by Gasteiger charge is -2.17. The Bertz CT molecular complexity index is 551. The van der Waals surface area contributed by atoms with Crippen LogP contribution in [0.4, 0.5) is 0 Å². The molecule has 0 amide bonds. The highest BCUT2D eigenvalue weighted by molar-refractivity contribution is 7.10. The lowest BCUT2D eigenvalue weighted by Crippen LogP contribution is -2.29. The molecule has 2 aromatic rings. The number of hydrazine groups is 1. The maximum absolute atomic E-state index is 6.30. The van der Waals surface area contributed by atoms with Gasteiger partial charge in [-0.3, -0.25) is 11.3 Å². The first kappa shape index (κ1) is 14.5. The largest absolute Gasteiger partial charge is 0.271 e. The smallest absolute Gasteiger partial charge is 0.0596 e. The van der Waals surface area contributed by atoms with Gasteiger partial charge in [-0.25, -0.2) is 0 Å². The van der Waals surface area contributed by atoms with Gasteiger partial charge < -0.3 is 0 Å². The Morgan fingerprint density at radius 2 is 2.11 bits per heavy atom. The molecule has 0 aliphatic heterocycles. The van der Waals surface area contributed by atoms with Gasteiger partial charge in [0.05, 0.1) is 6.04 Å². The first-order valence-electron chi connectivity index (χ1n) is 6.43. The van der Waals surface area contributed by atoms with Crippen LogP contribution in [0.3, 0.4) is 0 Å². The van der Waals surface area contributed by atoms with Gasteiger partial charge in [-0.05, 0) is 54.0 Å². The number of thiophene rings is 1. The molecule has 102 valence electrons. The van der Waals surface area contributed by atoms with Crippen LogP contribution in [0.15, 0.2) is 29.6 Å². The summed E-state index contributed by atoms with van der Waals surface area (Å²) >= 11 is 8.05. The normalized spacial score (nSPS) is 12.6. The van der Waals surface area contributed by atoms with E-state index in [1.807, 2.05) is 13.0 Å². The Hall–Kier alpha value is -0.870. The Labute approximate surface area is 123 Å². The third kappa shape index (κ3) is 3.37. The van der Waals surface area contributed by atoms with Gasteiger partial charge in [0.25, 0.3) is 0 Å². The van der Waals surface area contributed by atoms with Crippen molar-refractivity contribution < 1.29 is 0 Å². The molecule has 2 nitrogen and oxygen atoms in total. The lowest BCUT2D eigenvalue weighted by molar-refractivity contribution is 0.557. The molecule has 0 fully saturated rings. The molecule has 0 bridgehead atoms. The molecule has 0 saturated heterocycles. The number of aryl methyl sites for hydroxylation is 2. The van der Waals surface area contributed by atoms with Crippen LogP contribution in [0.1, 0.15) is 34.5 Å². The zero-order valence-corrected chi connectivity index (χ0v) is 12.8. The van der Waals surface area contributed by atoms with Crippen LogP contribution in [0.2, 0.25) is 5.02 Å². The Morgan fingerprint density at radius 1 is 1.32 bits per heavy atom. The van der Waals surface area contributed by atoms with Crippen LogP contribution < -0.4 is 11.3 Å². The Morgan fingerprint density at radius 3 is 2.74 bits per heavy atom. The molecule has 3 N–H and O–H groups in total. The molecule has 1 unspecified atom stereocenters. The first-order valence-corrected chi connectivity index (χ1v) is 7.68. The minimum absolute atomic E-state index is 0.121. The molecule has 0 saturated carbocycles. The second-order valence-corrected chi connectivity index (χ2v) is 6.04. The molecule has 0 aliphatic carbocycles. The van der Waals surface area contributed by atoms with Gasteiger partial charge in [-0.15, -0.1) is 11.3 Å². The monoisotopic (exact) mass is 294 g/mol. The van der Waals surface area contributed by atoms with Crippen LogP contribution in [0.5, 0.6) is 0 Å². The molecular formula is C15H19ClN2S. The number of hydrogen-bond donors (Lipinski definition) is 2. The van der Waals surface area contributed by atoms with Crippen molar-refractivity contribution in [1.82, 2.24) is 5.43 Å². The zero-order chi connectivity index (χ0) is 13.8. The molecule has 19 heavy (non-hydrogen) atoms. The predicted octanol–water partition coefficient (Wildman–Crippen LogP) is 4.02. The minimum atomic E-state index is 0.121. The van der Waals surface area contributed by atoms with Crippen molar-refractivity contribution in [2.45, 2.75) is 32.7 Å². The number of hydrogen-bond acceptors (Lipinski definition) is 3. The van der Waals surface area contributed by atoms with E-state index in [1.54, 1.807) is 11.3 Å². The van der Waals surface area contributed by atoms with Crippen molar-refractivity contribution in [1.29, 1.82) is 0 Å². The van der Waals surface area contributed by atoms with E-state index in [0.29, 0.717) is 0 Å². The van der Waals surface area contributed by atoms with E-state index >= 15 is 0 Å². The summed E-state index contributed by atoms with van der Waals surface area (Å²) in [7, 11) is 0. The molecule has 2 rings (SSSR count). The molecule has 1 aromatic heterocycles. The fourth-order valence-electron chi connectivity index (χ4n) is 2.21. The van der Waals surface area contributed by atoms with Crippen molar-refractivity contribution >= 4 is 22.9 Å². The average Bonchev–Trinajstić information content (AvgIpc) is 2.86. The van der Waals surface area contributed by atoms with E-state index in [2.05, 4.69) is 35.9 Å². The summed E-state index contributed by atoms with van der Waals surface area (Å²) in [5, 5.41) is 2.93. The second kappa shape index (κ2) is 6.53. The third-order valence-corrected chi connectivity index (χ3v) is 4.74. The van der Waals surface area contributed by atoms with Gasteiger partial charge in [0.2, 0.25) is 0 Å². The van der Waals surface area contributed by atoms with Crippen LogP contribution in [0, 0.1) is 6.92 Å². The standard InChI is InChI=1S/C15H19ClN2S/c1-3-11-6-7-19-15(11)14(18-17)9-12-5-4-10(2)8-13(12)16/h4-8,14,18H,3,9,17H2,1-2H3. The van der Waals surface area contributed by atoms with Gasteiger partial charge >= 0.3 is 0 Å². The van der Waals surface area contributed by atoms with Crippen LogP contribution in [0.25, 0.3) is 0 Å². The van der Waals surface area contributed by atoms with Crippen molar-refractivity contribution in [3.63, 3.8) is 0 Å². The molecular weight excluding hydrogens is 276 g/mol. The van der Waals surface area contributed by atoms with E-state index in [-0.39, 0.29) is 6.04 Å². The number of nitrogens with one attached hydrogen (secondary N) is 1. The minimum Gasteiger partial charge on any atom is -0.271 e. The van der Waals surface area contributed by atoms with E-state index in [9.17, 15) is 0 Å². The number of benzene rings is 1. The summed E-state index contributed by atoms with van der Waals surface area (Å²) < 4.78 is 0. The fraction of sp³-hybridized carbons (Fsp3) is 0.333. The quantitative estimate of drug-likeness (QED) is 0.646. The highest BCUT2D eigenvalue weighted by Crippen LogP contribution is 2.29. The number of halogens is 1. The summed E-state index contributed by atoms with van der Waals surface area (Å²) in [6.45, 7) is 4.21. The summed E-state index contributed by atoms with van der Waals surface area (Å²) in [5.41, 5.74) is 6.59. The SMILES string of the molecule is CCc1ccsc1C(Cc1ccc(C)cc1Cl)NN. The molecule has 1 aromatic carbocycles. The molecule has 0 radical (unpaired) electrons. The molecule has 0 spiro atoms. The maximum atomic E-state index is 6.30. The van der Waals surface area contributed by atoms with Crippen LogP contribution >= 0.6 is 22.9 Å². The van der Waals surface area contributed by atoms with Gasteiger partial charge in [0, 0.05) is 9.90 Å². The highest BCUT2D eigenvalue weighted by atomic mass is 35.5. The molecule has 0 aliphatic rings. The summed E-state index contributed by atoms with van der Waals surface area (Å²) in [5.74, 6) is 5.73. The summed E-state index contributed by atoms with van der Waals surface area (Å²) in [6, 6.07) is 8.46. The summed E-state index contributed by atoms with van der Waals surface area (Å²) in [4.78, 5) is 1.31. The van der Waals surface area contributed by atoms with E-state index in [0.717, 1.165) is 23.4 Å². The van der Waals surface area contributed by atoms with E-state index in [1.165, 1.54) is 16.0 Å². The second-order valence-electron chi connectivity index (χ2n) is 4.68. The lowest BCUT2D eigenvalue weighted by atomic mass is 10.0. The molecule has 1 heterocycles. The van der Waals surface area contributed by atoms with E-state index in [4.69, 9.17) is 17.4 Å². The average molecular weight is 295 g/mol. The molecule has 4 heteroatoms. The highest BCUT2D eigenvalue weighted by Gasteiger charge is 2.16. The van der Waals surface area contributed by atoms with Crippen LogP contribution in [-0.4, -0.2) is 0 Å². The van der Waals surface area contributed by atoms with Crippen molar-refractivity contribution in [3.8, 4) is 0 Å². The Balaban J connectivity index is 2.24. The van der Waals surface area contributed by atoms with Gasteiger partial charge in [-0.2, -0.15) is 0 Å². The Kier molecular flexibility index (Phi) is 4.99. The molecule has 1 atom stereocenters.